The summed E-state index contributed by atoms with van der Waals surface area (Å²) in [5.74, 6) is 0. The fourth-order valence-corrected chi connectivity index (χ4v) is 5.06. The Kier molecular flexibility index (Phi) is 9.99. The Hall–Kier alpha value is -2.10. The second kappa shape index (κ2) is 12.2. The molecule has 0 atom stereocenters. The van der Waals surface area contributed by atoms with Crippen molar-refractivity contribution in [3.8, 4) is 0 Å². The van der Waals surface area contributed by atoms with Gasteiger partial charge in [0.15, 0.2) is 0 Å². The maximum Gasteiger partial charge on any atom is 0.297 e. The van der Waals surface area contributed by atoms with Crippen LogP contribution < -0.4 is 4.90 Å². The highest BCUT2D eigenvalue weighted by Crippen LogP contribution is 2.32. The van der Waals surface area contributed by atoms with Crippen molar-refractivity contribution in [1.82, 2.24) is 0 Å². The molecular weight excluding hydrogens is 420 g/mol. The summed E-state index contributed by atoms with van der Waals surface area (Å²) in [7, 11) is 0.00732. The first-order valence-corrected chi connectivity index (χ1v) is 13.1. The predicted octanol–water partition coefficient (Wildman–Crippen LogP) is 6.82. The van der Waals surface area contributed by atoms with Gasteiger partial charge in [-0.05, 0) is 30.4 Å². The van der Waals surface area contributed by atoms with E-state index in [1.54, 1.807) is 12.1 Å². The van der Waals surface area contributed by atoms with E-state index in [4.69, 9.17) is 10.8 Å². The maximum absolute atomic E-state index is 12.9. The summed E-state index contributed by atoms with van der Waals surface area (Å²) in [5, 5.41) is 1.60. The van der Waals surface area contributed by atoms with E-state index in [0.717, 1.165) is 49.6 Å². The molecule has 6 heteroatoms. The van der Waals surface area contributed by atoms with E-state index >= 15 is 0 Å². The third-order valence-electron chi connectivity index (χ3n) is 5.82. The van der Waals surface area contributed by atoms with Gasteiger partial charge < -0.3 is 9.74 Å². The zero-order valence-corrected chi connectivity index (χ0v) is 20.9. The van der Waals surface area contributed by atoms with E-state index in [-0.39, 0.29) is 17.0 Å². The molecule has 2 rings (SSSR count). The average molecular weight is 459 g/mol. The van der Waals surface area contributed by atoms with Crippen molar-refractivity contribution in [2.45, 2.75) is 82.1 Å². The van der Waals surface area contributed by atoms with Crippen molar-refractivity contribution >= 4 is 26.6 Å². The summed E-state index contributed by atoms with van der Waals surface area (Å²) in [6.07, 6.45) is 9.63. The molecule has 0 heterocycles. The minimum Gasteiger partial charge on any atom is -0.377 e. The van der Waals surface area contributed by atoms with Gasteiger partial charge in [-0.2, -0.15) is 8.42 Å². The Labute approximate surface area is 194 Å². The van der Waals surface area contributed by atoms with Crippen LogP contribution in [0.5, 0.6) is 0 Å². The summed E-state index contributed by atoms with van der Waals surface area (Å²) < 4.78 is 31.2. The van der Waals surface area contributed by atoms with Crippen LogP contribution in [-0.2, 0) is 14.3 Å². The van der Waals surface area contributed by atoms with Crippen molar-refractivity contribution in [3.63, 3.8) is 0 Å². The molecule has 0 N–H and O–H groups in total. The van der Waals surface area contributed by atoms with E-state index < -0.39 is 10.1 Å². The number of hydrogen-bond acceptors (Lipinski definition) is 4. The Balaban J connectivity index is 1.74. The summed E-state index contributed by atoms with van der Waals surface area (Å²) in [5.41, 5.74) is 0.642. The van der Waals surface area contributed by atoms with Crippen LogP contribution in [0.25, 0.3) is 15.6 Å². The largest absolute Gasteiger partial charge is 0.377 e. The van der Waals surface area contributed by atoms with Crippen LogP contribution in [0.1, 0.15) is 71.6 Å². The van der Waals surface area contributed by atoms with Crippen molar-refractivity contribution in [2.24, 2.45) is 0 Å². The SMILES string of the molecule is [C-]#[N+]C(C)(C)CCCCCCCCCCOS(=O)(=O)c1cccc2cccc(N(C)C)c12. The van der Waals surface area contributed by atoms with Crippen LogP contribution in [0, 0.1) is 6.57 Å². The quantitative estimate of drug-likeness (QED) is 0.177. The van der Waals surface area contributed by atoms with Crippen LogP contribution in [-0.4, -0.2) is 34.7 Å². The molecule has 0 unspecified atom stereocenters. The predicted molar refractivity (Wildman–Crippen MR) is 134 cm³/mol. The minimum atomic E-state index is -3.81. The molecule has 0 aliphatic heterocycles. The standard InChI is InChI=1S/C26H38N2O3S/c1-26(2,27-3)20-12-10-8-6-7-9-11-13-21-31-32(29,30)24-19-15-17-22-16-14-18-23(25(22)24)28(4)5/h14-19H,6-13,20-21H2,1-2,4-5H3. The fraction of sp³-hybridized carbons (Fsp3) is 0.577. The van der Waals surface area contributed by atoms with Gasteiger partial charge in [-0.3, -0.25) is 4.18 Å². The minimum absolute atomic E-state index is 0.217. The molecule has 0 saturated heterocycles. The van der Waals surface area contributed by atoms with E-state index in [9.17, 15) is 8.42 Å². The van der Waals surface area contributed by atoms with Crippen molar-refractivity contribution in [2.75, 3.05) is 25.6 Å². The molecule has 0 aliphatic rings. The molecule has 0 bridgehead atoms. The van der Waals surface area contributed by atoms with Gasteiger partial charge in [0.25, 0.3) is 10.1 Å². The molecule has 2 aromatic rings. The monoisotopic (exact) mass is 458 g/mol. The van der Waals surface area contributed by atoms with Gasteiger partial charge in [0, 0.05) is 45.4 Å². The zero-order valence-electron chi connectivity index (χ0n) is 20.1. The number of rotatable bonds is 14. The van der Waals surface area contributed by atoms with E-state index in [1.165, 1.54) is 19.3 Å². The second-order valence-electron chi connectivity index (χ2n) is 9.30. The van der Waals surface area contributed by atoms with E-state index in [0.29, 0.717) is 5.39 Å². The smallest absolute Gasteiger partial charge is 0.297 e. The summed E-state index contributed by atoms with van der Waals surface area (Å²) in [6, 6.07) is 11.1. The Morgan fingerprint density at radius 1 is 0.906 bits per heavy atom. The number of fused-ring (bicyclic) bond motifs is 1. The molecule has 0 saturated carbocycles. The van der Waals surface area contributed by atoms with Gasteiger partial charge in [-0.25, -0.2) is 6.57 Å². The van der Waals surface area contributed by atoms with Gasteiger partial charge in [-0.15, -0.1) is 0 Å². The summed E-state index contributed by atoms with van der Waals surface area (Å²) >= 11 is 0. The molecule has 0 aromatic heterocycles. The van der Waals surface area contributed by atoms with Crippen molar-refractivity contribution in [3.05, 3.63) is 47.8 Å². The average Bonchev–Trinajstić information content (AvgIpc) is 2.76. The number of nitrogens with zero attached hydrogens (tertiary/aromatic N) is 2. The first-order valence-electron chi connectivity index (χ1n) is 11.6. The first kappa shape index (κ1) is 26.2. The number of anilines is 1. The Morgan fingerprint density at radius 2 is 1.47 bits per heavy atom. The molecule has 2 aromatic carbocycles. The van der Waals surface area contributed by atoms with Gasteiger partial charge in [0.1, 0.15) is 4.90 Å². The topological polar surface area (TPSA) is 51.0 Å². The summed E-state index contributed by atoms with van der Waals surface area (Å²) in [6.45, 7) is 11.4. The van der Waals surface area contributed by atoms with Crippen LogP contribution in [0.3, 0.4) is 0 Å². The van der Waals surface area contributed by atoms with E-state index in [2.05, 4.69) is 4.85 Å². The van der Waals surface area contributed by atoms with Gasteiger partial charge in [0.05, 0.1) is 6.61 Å². The van der Waals surface area contributed by atoms with Gasteiger partial charge >= 0.3 is 0 Å². The molecule has 0 radical (unpaired) electrons. The number of benzene rings is 2. The van der Waals surface area contributed by atoms with Crippen molar-refractivity contribution < 1.29 is 12.6 Å². The second-order valence-corrected chi connectivity index (χ2v) is 10.9. The maximum atomic E-state index is 12.9. The fourth-order valence-electron chi connectivity index (χ4n) is 3.88. The lowest BCUT2D eigenvalue weighted by Crippen LogP contribution is -2.13. The zero-order chi connectivity index (χ0) is 23.6. The Morgan fingerprint density at radius 3 is 2.06 bits per heavy atom. The molecule has 0 amide bonds. The van der Waals surface area contributed by atoms with Crippen molar-refractivity contribution in [1.29, 1.82) is 0 Å². The third-order valence-corrected chi connectivity index (χ3v) is 7.18. The lowest BCUT2D eigenvalue weighted by atomic mass is 9.97. The summed E-state index contributed by atoms with van der Waals surface area (Å²) in [4.78, 5) is 5.81. The molecule has 5 nitrogen and oxygen atoms in total. The van der Waals surface area contributed by atoms with Crippen LogP contribution in [0.15, 0.2) is 41.3 Å². The lowest BCUT2D eigenvalue weighted by Gasteiger charge is -2.18. The van der Waals surface area contributed by atoms with Gasteiger partial charge in [-0.1, -0.05) is 62.8 Å². The van der Waals surface area contributed by atoms with Crippen LogP contribution in [0.4, 0.5) is 5.69 Å². The third kappa shape index (κ3) is 7.79. The number of unbranched alkanes of at least 4 members (excludes halogenated alkanes) is 7. The number of hydrogen-bond donors (Lipinski definition) is 0. The molecular formula is C26H38N2O3S. The lowest BCUT2D eigenvalue weighted by molar-refractivity contribution is 0.306. The first-order chi connectivity index (χ1) is 15.2. The van der Waals surface area contributed by atoms with E-state index in [1.807, 2.05) is 57.1 Å². The molecule has 0 spiro atoms. The molecule has 32 heavy (non-hydrogen) atoms. The van der Waals surface area contributed by atoms with Gasteiger partial charge in [0.2, 0.25) is 5.54 Å². The normalized spacial score (nSPS) is 12.1. The highest BCUT2D eigenvalue weighted by atomic mass is 32.2. The van der Waals surface area contributed by atoms with Crippen LogP contribution >= 0.6 is 0 Å². The molecule has 0 fully saturated rings. The molecule has 0 aliphatic carbocycles. The van der Waals surface area contributed by atoms with Crippen LogP contribution in [0.2, 0.25) is 0 Å². The highest BCUT2D eigenvalue weighted by molar-refractivity contribution is 7.87. The Bertz CT molecular complexity index is 1000. The highest BCUT2D eigenvalue weighted by Gasteiger charge is 2.22. The molecule has 176 valence electrons.